The van der Waals surface area contributed by atoms with Gasteiger partial charge in [-0.25, -0.2) is 0 Å². The van der Waals surface area contributed by atoms with Gasteiger partial charge in [-0.3, -0.25) is 4.90 Å². The van der Waals surface area contributed by atoms with Crippen LogP contribution < -0.4 is 0 Å². The van der Waals surface area contributed by atoms with Crippen molar-refractivity contribution in [2.24, 2.45) is 11.8 Å². The van der Waals surface area contributed by atoms with Crippen molar-refractivity contribution >= 4 is 0 Å². The molecule has 0 aromatic heterocycles. The van der Waals surface area contributed by atoms with Crippen LogP contribution in [0.3, 0.4) is 0 Å². The van der Waals surface area contributed by atoms with E-state index in [1.54, 1.807) is 0 Å². The van der Waals surface area contributed by atoms with Gasteiger partial charge in [-0.15, -0.1) is 0 Å². The third kappa shape index (κ3) is 0.783. The van der Waals surface area contributed by atoms with Gasteiger partial charge in [0.15, 0.2) is 0 Å². The van der Waals surface area contributed by atoms with Gasteiger partial charge in [-0.2, -0.15) is 0 Å². The molecule has 0 amide bonds. The minimum Gasteiger partial charge on any atom is -0.300 e. The van der Waals surface area contributed by atoms with Crippen LogP contribution in [0.5, 0.6) is 0 Å². The Balaban J connectivity index is 1.89. The third-order valence-corrected chi connectivity index (χ3v) is 4.66. The second-order valence-corrected chi connectivity index (χ2v) is 4.99. The summed E-state index contributed by atoms with van der Waals surface area (Å²) in [7, 11) is 2.37. The molecular weight excluding hydrogens is 146 g/mol. The second-order valence-electron chi connectivity index (χ2n) is 4.99. The summed E-state index contributed by atoms with van der Waals surface area (Å²) in [6.07, 6.45) is 9.07. The molecule has 12 heavy (non-hydrogen) atoms. The van der Waals surface area contributed by atoms with Crippen molar-refractivity contribution in [1.82, 2.24) is 4.90 Å². The van der Waals surface area contributed by atoms with E-state index < -0.39 is 0 Å². The molecule has 4 atom stereocenters. The zero-order chi connectivity index (χ0) is 8.13. The first kappa shape index (κ1) is 7.37. The maximum atomic E-state index is 2.72. The molecule has 1 heterocycles. The number of fused-ring (bicyclic) bond motifs is 3. The first-order valence-corrected chi connectivity index (χ1v) is 5.60. The van der Waals surface area contributed by atoms with Crippen LogP contribution in [0.2, 0.25) is 0 Å². The van der Waals surface area contributed by atoms with E-state index in [0.717, 1.165) is 23.9 Å². The Morgan fingerprint density at radius 2 is 1.33 bits per heavy atom. The fraction of sp³-hybridized carbons (Fsp3) is 1.00. The highest BCUT2D eigenvalue weighted by molar-refractivity contribution is 5.03. The van der Waals surface area contributed by atoms with Crippen LogP contribution in [0.4, 0.5) is 0 Å². The van der Waals surface area contributed by atoms with Crippen LogP contribution in [-0.4, -0.2) is 24.0 Å². The van der Waals surface area contributed by atoms with E-state index in [9.17, 15) is 0 Å². The molecule has 1 saturated heterocycles. The highest BCUT2D eigenvalue weighted by Gasteiger charge is 2.50. The Hall–Kier alpha value is -0.0400. The molecule has 2 aliphatic carbocycles. The van der Waals surface area contributed by atoms with E-state index in [2.05, 4.69) is 11.9 Å². The van der Waals surface area contributed by atoms with Gasteiger partial charge in [-0.1, -0.05) is 12.8 Å². The number of rotatable bonds is 0. The van der Waals surface area contributed by atoms with E-state index >= 15 is 0 Å². The van der Waals surface area contributed by atoms with E-state index in [-0.39, 0.29) is 0 Å². The molecule has 3 aliphatic rings. The van der Waals surface area contributed by atoms with Gasteiger partial charge >= 0.3 is 0 Å². The molecule has 0 spiro atoms. The molecule has 0 aromatic carbocycles. The van der Waals surface area contributed by atoms with Crippen molar-refractivity contribution < 1.29 is 0 Å². The van der Waals surface area contributed by atoms with Gasteiger partial charge in [0, 0.05) is 12.1 Å². The highest BCUT2D eigenvalue weighted by Crippen LogP contribution is 2.50. The standard InChI is InChI=1S/C11H19N/c1-12-10-6-2-4-8(10)9-5-3-7-11(9)12/h8-11H,2-7H2,1H3/t8-,9-,10-,11-/m1/s1. The number of hydrogen-bond donors (Lipinski definition) is 0. The average Bonchev–Trinajstić information content (AvgIpc) is 2.72. The van der Waals surface area contributed by atoms with Gasteiger partial charge in [0.25, 0.3) is 0 Å². The van der Waals surface area contributed by atoms with Crippen LogP contribution >= 0.6 is 0 Å². The van der Waals surface area contributed by atoms with Crippen LogP contribution in [-0.2, 0) is 0 Å². The lowest BCUT2D eigenvalue weighted by Gasteiger charge is -2.23. The van der Waals surface area contributed by atoms with Crippen molar-refractivity contribution in [2.45, 2.75) is 50.6 Å². The summed E-state index contributed by atoms with van der Waals surface area (Å²) in [5, 5.41) is 0. The average molecular weight is 165 g/mol. The van der Waals surface area contributed by atoms with E-state index in [1.165, 1.54) is 38.5 Å². The minimum atomic E-state index is 0.986. The fourth-order valence-corrected chi connectivity index (χ4v) is 4.19. The molecule has 1 aliphatic heterocycles. The van der Waals surface area contributed by atoms with Gasteiger partial charge in [-0.05, 0) is 44.6 Å². The molecular formula is C11H19N. The Bertz CT molecular complexity index is 169. The topological polar surface area (TPSA) is 3.24 Å². The lowest BCUT2D eigenvalue weighted by Crippen LogP contribution is -2.31. The first-order valence-electron chi connectivity index (χ1n) is 5.60. The summed E-state index contributed by atoms with van der Waals surface area (Å²) in [6, 6.07) is 1.97. The van der Waals surface area contributed by atoms with Crippen LogP contribution in [0, 0.1) is 11.8 Å². The first-order chi connectivity index (χ1) is 5.88. The molecule has 0 aromatic rings. The highest BCUT2D eigenvalue weighted by atomic mass is 15.2. The van der Waals surface area contributed by atoms with Gasteiger partial charge in [0.1, 0.15) is 0 Å². The Morgan fingerprint density at radius 1 is 0.833 bits per heavy atom. The quantitative estimate of drug-likeness (QED) is 0.532. The second kappa shape index (κ2) is 2.47. The maximum Gasteiger partial charge on any atom is 0.0127 e. The molecule has 0 bridgehead atoms. The Morgan fingerprint density at radius 3 is 1.83 bits per heavy atom. The zero-order valence-corrected chi connectivity index (χ0v) is 8.00. The van der Waals surface area contributed by atoms with Crippen LogP contribution in [0.1, 0.15) is 38.5 Å². The van der Waals surface area contributed by atoms with E-state index in [1.807, 2.05) is 0 Å². The fourth-order valence-electron chi connectivity index (χ4n) is 4.19. The Labute approximate surface area is 75.1 Å². The number of nitrogens with zero attached hydrogens (tertiary/aromatic N) is 1. The van der Waals surface area contributed by atoms with Gasteiger partial charge < -0.3 is 0 Å². The van der Waals surface area contributed by atoms with Gasteiger partial charge in [0.05, 0.1) is 0 Å². The molecule has 2 saturated carbocycles. The summed E-state index contributed by atoms with van der Waals surface area (Å²) in [5.74, 6) is 2.20. The number of hydrogen-bond acceptors (Lipinski definition) is 1. The molecule has 68 valence electrons. The monoisotopic (exact) mass is 165 g/mol. The van der Waals surface area contributed by atoms with Gasteiger partial charge in [0.2, 0.25) is 0 Å². The predicted molar refractivity (Wildman–Crippen MR) is 50.0 cm³/mol. The van der Waals surface area contributed by atoms with E-state index in [4.69, 9.17) is 0 Å². The molecule has 0 radical (unpaired) electrons. The van der Waals surface area contributed by atoms with Crippen LogP contribution in [0.25, 0.3) is 0 Å². The van der Waals surface area contributed by atoms with Crippen molar-refractivity contribution in [3.05, 3.63) is 0 Å². The molecule has 1 nitrogen and oxygen atoms in total. The minimum absolute atomic E-state index is 0.986. The lowest BCUT2D eigenvalue weighted by atomic mass is 9.90. The SMILES string of the molecule is CN1[C@@H]2CCC[C@@H]2[C@H]2CCC[C@H]21. The van der Waals surface area contributed by atoms with Crippen molar-refractivity contribution in [3.8, 4) is 0 Å². The molecule has 3 rings (SSSR count). The molecule has 0 N–H and O–H groups in total. The summed E-state index contributed by atoms with van der Waals surface area (Å²) < 4.78 is 0. The third-order valence-electron chi connectivity index (χ3n) is 4.66. The summed E-state index contributed by atoms with van der Waals surface area (Å²) >= 11 is 0. The Kier molecular flexibility index (Phi) is 1.52. The summed E-state index contributed by atoms with van der Waals surface area (Å²) in [5.41, 5.74) is 0. The maximum absolute atomic E-state index is 2.72. The van der Waals surface area contributed by atoms with Crippen LogP contribution in [0.15, 0.2) is 0 Å². The van der Waals surface area contributed by atoms with E-state index in [0.29, 0.717) is 0 Å². The predicted octanol–water partition coefficient (Wildman–Crippen LogP) is 2.27. The molecule has 3 fully saturated rings. The van der Waals surface area contributed by atoms with Crippen molar-refractivity contribution in [3.63, 3.8) is 0 Å². The number of likely N-dealkylation sites (tertiary alicyclic amines) is 1. The molecule has 0 unspecified atom stereocenters. The normalized spacial score (nSPS) is 52.8. The summed E-state index contributed by atoms with van der Waals surface area (Å²) in [6.45, 7) is 0. The smallest absolute Gasteiger partial charge is 0.0127 e. The summed E-state index contributed by atoms with van der Waals surface area (Å²) in [4.78, 5) is 2.72. The molecule has 1 heteroatoms. The lowest BCUT2D eigenvalue weighted by molar-refractivity contribution is 0.228. The van der Waals surface area contributed by atoms with Crippen molar-refractivity contribution in [1.29, 1.82) is 0 Å². The van der Waals surface area contributed by atoms with Crippen molar-refractivity contribution in [2.75, 3.05) is 7.05 Å². The largest absolute Gasteiger partial charge is 0.300 e. The zero-order valence-electron chi connectivity index (χ0n) is 8.00.